The zero-order valence-electron chi connectivity index (χ0n) is 20.3. The van der Waals surface area contributed by atoms with Crippen LogP contribution in [0.4, 0.5) is 15.3 Å². The lowest BCUT2D eigenvalue weighted by Crippen LogP contribution is -2.34. The van der Waals surface area contributed by atoms with Crippen LogP contribution in [0.3, 0.4) is 0 Å². The maximum absolute atomic E-state index is 12.9. The van der Waals surface area contributed by atoms with E-state index in [0.29, 0.717) is 28.0 Å². The van der Waals surface area contributed by atoms with E-state index in [1.54, 1.807) is 27.8 Å². The van der Waals surface area contributed by atoms with Crippen molar-refractivity contribution < 1.29 is 23.8 Å². The Hall–Kier alpha value is -2.54. The van der Waals surface area contributed by atoms with E-state index in [-0.39, 0.29) is 0 Å². The fraction of sp³-hybridized carbons (Fsp3) is 0.440. The van der Waals surface area contributed by atoms with E-state index in [0.717, 1.165) is 15.4 Å². The molecule has 1 amide bonds. The normalized spacial score (nSPS) is 11.8. The van der Waals surface area contributed by atoms with Crippen LogP contribution in [0.25, 0.3) is 16.3 Å². The topological polar surface area (TPSA) is 65.1 Å². The second-order valence-electron chi connectivity index (χ2n) is 9.75. The number of allylic oxidation sites excluding steroid dienone is 1. The number of rotatable bonds is 3. The Bertz CT molecular complexity index is 1080. The molecule has 0 bridgehead atoms. The van der Waals surface area contributed by atoms with Gasteiger partial charge in [-0.15, -0.1) is 0 Å². The van der Waals surface area contributed by atoms with Crippen LogP contribution in [0.1, 0.15) is 59.6 Å². The van der Waals surface area contributed by atoms with E-state index < -0.39 is 23.5 Å². The van der Waals surface area contributed by atoms with Crippen LogP contribution in [-0.2, 0) is 9.47 Å². The first-order valence-electron chi connectivity index (χ1n) is 10.3. The molecule has 0 aliphatic carbocycles. The van der Waals surface area contributed by atoms with Crippen LogP contribution in [-0.4, -0.2) is 30.5 Å². The monoisotopic (exact) mass is 505 g/mol. The van der Waals surface area contributed by atoms with Crippen LogP contribution < -0.4 is 9.64 Å². The number of halogens is 1. The average Bonchev–Trinajstić information content (AvgIpc) is 2.58. The first-order valence-corrected chi connectivity index (χ1v) is 11.1. The summed E-state index contributed by atoms with van der Waals surface area (Å²) in [6.45, 7) is 18.5. The SMILES string of the molecule is C=C(C)c1c(C)c(N(C)C(=O)OC(C)(C)C)c2ccc(Br)cc2c1OC(=O)OC(C)(C)C. The number of benzene rings is 2. The zero-order valence-corrected chi connectivity index (χ0v) is 21.9. The van der Waals surface area contributed by atoms with Crippen molar-refractivity contribution >= 4 is 50.2 Å². The minimum atomic E-state index is -0.811. The molecule has 0 aliphatic heterocycles. The van der Waals surface area contributed by atoms with E-state index in [4.69, 9.17) is 14.2 Å². The van der Waals surface area contributed by atoms with Crippen LogP contribution in [0, 0.1) is 6.92 Å². The van der Waals surface area contributed by atoms with Gasteiger partial charge in [-0.2, -0.15) is 0 Å². The number of hydrogen-bond donors (Lipinski definition) is 0. The molecule has 7 heteroatoms. The van der Waals surface area contributed by atoms with Crippen molar-refractivity contribution in [2.75, 3.05) is 11.9 Å². The van der Waals surface area contributed by atoms with Crippen molar-refractivity contribution in [1.82, 2.24) is 0 Å². The van der Waals surface area contributed by atoms with Gasteiger partial charge in [-0.3, -0.25) is 4.90 Å². The highest BCUT2D eigenvalue weighted by Gasteiger charge is 2.28. The van der Waals surface area contributed by atoms with E-state index in [1.807, 2.05) is 52.8 Å². The van der Waals surface area contributed by atoms with Gasteiger partial charge in [0.05, 0.1) is 5.69 Å². The van der Waals surface area contributed by atoms with Gasteiger partial charge in [-0.1, -0.05) is 28.6 Å². The Morgan fingerprint density at radius 3 is 2.06 bits per heavy atom. The van der Waals surface area contributed by atoms with Gasteiger partial charge in [0.2, 0.25) is 0 Å². The van der Waals surface area contributed by atoms with Gasteiger partial charge < -0.3 is 14.2 Å². The van der Waals surface area contributed by atoms with Crippen molar-refractivity contribution in [3.63, 3.8) is 0 Å². The minimum absolute atomic E-state index is 0.335. The second-order valence-corrected chi connectivity index (χ2v) is 10.7. The average molecular weight is 506 g/mol. The first kappa shape index (κ1) is 25.7. The molecule has 0 saturated heterocycles. The number of nitrogens with zero attached hydrogens (tertiary/aromatic N) is 1. The lowest BCUT2D eigenvalue weighted by Gasteiger charge is -2.28. The molecule has 0 N–H and O–H groups in total. The minimum Gasteiger partial charge on any atom is -0.443 e. The zero-order chi connectivity index (χ0) is 24.6. The smallest absolute Gasteiger partial charge is 0.443 e. The highest BCUT2D eigenvalue weighted by Crippen LogP contribution is 2.44. The quantitative estimate of drug-likeness (QED) is 0.316. The number of carbonyl (C=O) groups excluding carboxylic acids is 2. The molecule has 174 valence electrons. The van der Waals surface area contributed by atoms with Crippen molar-refractivity contribution in [1.29, 1.82) is 0 Å². The molecular formula is C25H32BrNO5. The molecule has 6 nitrogen and oxygen atoms in total. The predicted molar refractivity (Wildman–Crippen MR) is 133 cm³/mol. The summed E-state index contributed by atoms with van der Waals surface area (Å²) < 4.78 is 17.5. The summed E-state index contributed by atoms with van der Waals surface area (Å²) in [6.07, 6.45) is -1.30. The van der Waals surface area contributed by atoms with E-state index in [2.05, 4.69) is 22.5 Å². The Labute approximate surface area is 198 Å². The molecule has 0 atom stereocenters. The van der Waals surface area contributed by atoms with Crippen LogP contribution >= 0.6 is 15.9 Å². The lowest BCUT2D eigenvalue weighted by molar-refractivity contribution is 0.0208. The summed E-state index contributed by atoms with van der Waals surface area (Å²) in [5.41, 5.74) is 1.35. The largest absolute Gasteiger partial charge is 0.514 e. The number of anilines is 1. The van der Waals surface area contributed by atoms with Crippen molar-refractivity contribution in [3.05, 3.63) is 40.4 Å². The molecule has 32 heavy (non-hydrogen) atoms. The predicted octanol–water partition coefficient (Wildman–Crippen LogP) is 7.63. The van der Waals surface area contributed by atoms with Crippen molar-refractivity contribution in [2.24, 2.45) is 0 Å². The lowest BCUT2D eigenvalue weighted by atomic mass is 9.93. The highest BCUT2D eigenvalue weighted by atomic mass is 79.9. The highest BCUT2D eigenvalue weighted by molar-refractivity contribution is 9.10. The molecule has 0 heterocycles. The summed E-state index contributed by atoms with van der Waals surface area (Å²) in [5, 5.41) is 1.36. The summed E-state index contributed by atoms with van der Waals surface area (Å²) >= 11 is 3.49. The second kappa shape index (κ2) is 9.14. The molecule has 0 aromatic heterocycles. The van der Waals surface area contributed by atoms with Gasteiger partial charge in [0, 0.05) is 27.9 Å². The molecule has 0 spiro atoms. The maximum Gasteiger partial charge on any atom is 0.514 e. The van der Waals surface area contributed by atoms with Gasteiger partial charge in [-0.05, 0) is 78.7 Å². The van der Waals surface area contributed by atoms with Crippen LogP contribution in [0.2, 0.25) is 0 Å². The summed E-state index contributed by atoms with van der Waals surface area (Å²) in [6, 6.07) is 5.58. The third-order valence-corrected chi connectivity index (χ3v) is 4.94. The molecule has 0 fully saturated rings. The van der Waals surface area contributed by atoms with Gasteiger partial charge in [0.15, 0.2) is 0 Å². The number of ether oxygens (including phenoxy) is 3. The molecule has 0 unspecified atom stereocenters. The standard InChI is InChI=1S/C25H32BrNO5/c1-14(2)19-15(3)20(27(10)22(28)31-24(4,5)6)17-12-11-16(26)13-18(17)21(19)30-23(29)32-25(7,8)9/h11-13H,1H2,2-10H3. The van der Waals surface area contributed by atoms with Crippen molar-refractivity contribution in [2.45, 2.75) is 66.6 Å². The van der Waals surface area contributed by atoms with Crippen LogP contribution in [0.5, 0.6) is 5.75 Å². The molecular weight excluding hydrogens is 474 g/mol. The van der Waals surface area contributed by atoms with Crippen LogP contribution in [0.15, 0.2) is 29.3 Å². The molecule has 0 saturated carbocycles. The van der Waals surface area contributed by atoms with E-state index in [9.17, 15) is 9.59 Å². The molecule has 2 aromatic carbocycles. The molecule has 0 radical (unpaired) electrons. The Morgan fingerprint density at radius 1 is 1.00 bits per heavy atom. The number of amides is 1. The number of hydrogen-bond acceptors (Lipinski definition) is 5. The molecule has 2 rings (SSSR count). The third-order valence-electron chi connectivity index (χ3n) is 4.44. The fourth-order valence-electron chi connectivity index (χ4n) is 3.36. The number of fused-ring (bicyclic) bond motifs is 1. The first-order chi connectivity index (χ1) is 14.5. The van der Waals surface area contributed by atoms with Gasteiger partial charge in [0.25, 0.3) is 0 Å². The third kappa shape index (κ3) is 6.03. The summed E-state index contributed by atoms with van der Waals surface area (Å²) in [4.78, 5) is 26.9. The van der Waals surface area contributed by atoms with Gasteiger partial charge >= 0.3 is 12.2 Å². The summed E-state index contributed by atoms with van der Waals surface area (Å²) in [5.74, 6) is 0.335. The fourth-order valence-corrected chi connectivity index (χ4v) is 3.73. The van der Waals surface area contributed by atoms with E-state index in [1.165, 1.54) is 4.90 Å². The summed E-state index contributed by atoms with van der Waals surface area (Å²) in [7, 11) is 1.66. The van der Waals surface area contributed by atoms with Gasteiger partial charge in [-0.25, -0.2) is 9.59 Å². The molecule has 0 aliphatic rings. The Morgan fingerprint density at radius 2 is 1.56 bits per heavy atom. The maximum atomic E-state index is 12.9. The van der Waals surface area contributed by atoms with Crippen molar-refractivity contribution in [3.8, 4) is 5.75 Å². The Balaban J connectivity index is 2.79. The van der Waals surface area contributed by atoms with Gasteiger partial charge in [0.1, 0.15) is 17.0 Å². The Kier molecular flexibility index (Phi) is 7.34. The number of carbonyl (C=O) groups is 2. The molecule has 2 aromatic rings. The van der Waals surface area contributed by atoms with E-state index >= 15 is 0 Å².